The molecule has 0 saturated heterocycles. The fourth-order valence-electron chi connectivity index (χ4n) is 0.594. The molecule has 0 N–H and O–H groups in total. The summed E-state index contributed by atoms with van der Waals surface area (Å²) in [6.45, 7) is 0. The van der Waals surface area contributed by atoms with E-state index in [0.717, 1.165) is 10.8 Å². The second kappa shape index (κ2) is 3.84. The molecule has 0 fully saturated rings. The molecule has 0 aromatic heterocycles. The van der Waals surface area contributed by atoms with Gasteiger partial charge in [0.05, 0.1) is 0 Å². The van der Waals surface area contributed by atoms with Crippen LogP contribution in [0.25, 0.3) is 0 Å². The normalized spacial score (nSPS) is 9.40. The molecule has 0 spiro atoms. The molecule has 0 aliphatic heterocycles. The van der Waals surface area contributed by atoms with E-state index >= 15 is 0 Å². The zero-order valence-corrected chi connectivity index (χ0v) is 7.52. The van der Waals surface area contributed by atoms with Crippen molar-refractivity contribution >= 4 is 27.5 Å². The minimum atomic E-state index is 0.509. The fraction of sp³-hybridized carbons (Fsp3) is 0.143. The van der Waals surface area contributed by atoms with Crippen molar-refractivity contribution in [3.63, 3.8) is 0 Å². The SMILES string of the molecule is Clc1ccc(OCBr)cc1. The van der Waals surface area contributed by atoms with Crippen molar-refractivity contribution in [1.29, 1.82) is 0 Å². The van der Waals surface area contributed by atoms with Gasteiger partial charge in [-0.1, -0.05) is 11.6 Å². The third kappa shape index (κ3) is 2.20. The third-order valence-corrected chi connectivity index (χ3v) is 1.52. The average molecular weight is 221 g/mol. The second-order valence-electron chi connectivity index (χ2n) is 1.71. The number of hydrogen-bond acceptors (Lipinski definition) is 1. The lowest BCUT2D eigenvalue weighted by molar-refractivity contribution is 0.398. The minimum absolute atomic E-state index is 0.509. The summed E-state index contributed by atoms with van der Waals surface area (Å²) in [5.41, 5.74) is 0.509. The number of ether oxygens (including phenoxy) is 1. The van der Waals surface area contributed by atoms with Crippen LogP contribution in [0.15, 0.2) is 24.3 Å². The van der Waals surface area contributed by atoms with Crippen LogP contribution in [-0.4, -0.2) is 5.52 Å². The Morgan fingerprint density at radius 2 is 1.90 bits per heavy atom. The van der Waals surface area contributed by atoms with E-state index in [0.29, 0.717) is 5.52 Å². The zero-order valence-electron chi connectivity index (χ0n) is 5.18. The average Bonchev–Trinajstić information content (AvgIpc) is 1.95. The van der Waals surface area contributed by atoms with Crippen LogP contribution in [-0.2, 0) is 0 Å². The highest BCUT2D eigenvalue weighted by molar-refractivity contribution is 9.09. The van der Waals surface area contributed by atoms with Gasteiger partial charge < -0.3 is 4.74 Å². The van der Waals surface area contributed by atoms with Gasteiger partial charge in [0.25, 0.3) is 0 Å². The highest BCUT2D eigenvalue weighted by atomic mass is 79.9. The van der Waals surface area contributed by atoms with Crippen LogP contribution in [0.5, 0.6) is 5.75 Å². The summed E-state index contributed by atoms with van der Waals surface area (Å²) in [5, 5.41) is 0.724. The van der Waals surface area contributed by atoms with Gasteiger partial charge in [0.1, 0.15) is 11.3 Å². The van der Waals surface area contributed by atoms with Gasteiger partial charge in [-0.2, -0.15) is 0 Å². The summed E-state index contributed by atoms with van der Waals surface area (Å²) >= 11 is 8.79. The lowest BCUT2D eigenvalue weighted by Crippen LogP contribution is -1.86. The number of alkyl halides is 1. The first-order valence-electron chi connectivity index (χ1n) is 2.77. The van der Waals surface area contributed by atoms with Gasteiger partial charge in [-0.05, 0) is 40.2 Å². The van der Waals surface area contributed by atoms with Gasteiger partial charge in [0.2, 0.25) is 0 Å². The first-order valence-corrected chi connectivity index (χ1v) is 4.27. The third-order valence-electron chi connectivity index (χ3n) is 1.03. The van der Waals surface area contributed by atoms with Gasteiger partial charge in [-0.25, -0.2) is 0 Å². The molecule has 0 bridgehead atoms. The van der Waals surface area contributed by atoms with Gasteiger partial charge in [-0.15, -0.1) is 0 Å². The first-order chi connectivity index (χ1) is 4.83. The van der Waals surface area contributed by atoms with Gasteiger partial charge in [-0.3, -0.25) is 0 Å². The monoisotopic (exact) mass is 220 g/mol. The van der Waals surface area contributed by atoms with Crippen LogP contribution in [0.2, 0.25) is 5.02 Å². The molecular formula is C7H6BrClO. The predicted molar refractivity (Wildman–Crippen MR) is 45.9 cm³/mol. The van der Waals surface area contributed by atoms with Crippen molar-refractivity contribution in [3.8, 4) is 5.75 Å². The lowest BCUT2D eigenvalue weighted by atomic mass is 10.3. The maximum Gasteiger partial charge on any atom is 0.143 e. The van der Waals surface area contributed by atoms with Crippen molar-refractivity contribution in [1.82, 2.24) is 0 Å². The fourth-order valence-corrected chi connectivity index (χ4v) is 0.984. The Labute approximate surface area is 73.1 Å². The smallest absolute Gasteiger partial charge is 0.143 e. The molecule has 1 aromatic carbocycles. The van der Waals surface area contributed by atoms with Gasteiger partial charge in [0, 0.05) is 5.02 Å². The summed E-state index contributed by atoms with van der Waals surface area (Å²) < 4.78 is 5.12. The Bertz CT molecular complexity index is 197. The molecule has 0 amide bonds. The lowest BCUT2D eigenvalue weighted by Gasteiger charge is -1.99. The van der Waals surface area contributed by atoms with Crippen LogP contribution < -0.4 is 4.74 Å². The summed E-state index contributed by atoms with van der Waals surface area (Å²) in [6.07, 6.45) is 0. The number of benzene rings is 1. The van der Waals surface area contributed by atoms with E-state index in [1.54, 1.807) is 12.1 Å². The second-order valence-corrected chi connectivity index (χ2v) is 2.60. The topological polar surface area (TPSA) is 9.23 Å². The van der Waals surface area contributed by atoms with Crippen molar-refractivity contribution in [2.45, 2.75) is 0 Å². The molecule has 0 aliphatic carbocycles. The van der Waals surface area contributed by atoms with Crippen LogP contribution in [0.4, 0.5) is 0 Å². The maximum atomic E-state index is 5.64. The quantitative estimate of drug-likeness (QED) is 0.698. The van der Waals surface area contributed by atoms with E-state index in [1.807, 2.05) is 12.1 Å². The van der Waals surface area contributed by atoms with E-state index in [-0.39, 0.29) is 0 Å². The molecule has 3 heteroatoms. The standard InChI is InChI=1S/C7H6BrClO/c8-5-10-7-3-1-6(9)2-4-7/h1-4H,5H2. The molecule has 0 saturated carbocycles. The zero-order chi connectivity index (χ0) is 7.40. The van der Waals surface area contributed by atoms with Crippen LogP contribution in [0.1, 0.15) is 0 Å². The predicted octanol–water partition coefficient (Wildman–Crippen LogP) is 3.07. The van der Waals surface area contributed by atoms with Gasteiger partial charge in [0.15, 0.2) is 0 Å². The Morgan fingerprint density at radius 1 is 1.30 bits per heavy atom. The molecule has 0 radical (unpaired) electrons. The molecule has 0 aliphatic rings. The highest BCUT2D eigenvalue weighted by Crippen LogP contribution is 2.15. The minimum Gasteiger partial charge on any atom is -0.482 e. The summed E-state index contributed by atoms with van der Waals surface area (Å²) in [6, 6.07) is 7.23. The van der Waals surface area contributed by atoms with Gasteiger partial charge >= 0.3 is 0 Å². The molecule has 0 unspecified atom stereocenters. The summed E-state index contributed by atoms with van der Waals surface area (Å²) in [7, 11) is 0. The molecule has 0 heterocycles. The van der Waals surface area contributed by atoms with Crippen LogP contribution >= 0.6 is 27.5 Å². The van der Waals surface area contributed by atoms with E-state index in [2.05, 4.69) is 15.9 Å². The Morgan fingerprint density at radius 3 is 2.40 bits per heavy atom. The summed E-state index contributed by atoms with van der Waals surface area (Å²) in [4.78, 5) is 0. The maximum absolute atomic E-state index is 5.64. The van der Waals surface area contributed by atoms with Crippen LogP contribution in [0.3, 0.4) is 0 Å². The van der Waals surface area contributed by atoms with Crippen molar-refractivity contribution in [3.05, 3.63) is 29.3 Å². The number of rotatable bonds is 2. The summed E-state index contributed by atoms with van der Waals surface area (Å²) in [5.74, 6) is 0.821. The largest absolute Gasteiger partial charge is 0.482 e. The Balaban J connectivity index is 2.69. The molecular weight excluding hydrogens is 215 g/mol. The van der Waals surface area contributed by atoms with Crippen molar-refractivity contribution in [2.24, 2.45) is 0 Å². The molecule has 1 aromatic rings. The van der Waals surface area contributed by atoms with Crippen molar-refractivity contribution < 1.29 is 4.74 Å². The Kier molecular flexibility index (Phi) is 3.03. The number of halogens is 2. The molecule has 54 valence electrons. The Hall–Kier alpha value is -0.210. The molecule has 1 nitrogen and oxygen atoms in total. The first kappa shape index (κ1) is 7.89. The number of hydrogen-bond donors (Lipinski definition) is 0. The molecule has 0 atom stereocenters. The highest BCUT2D eigenvalue weighted by Gasteiger charge is 1.89. The van der Waals surface area contributed by atoms with E-state index in [4.69, 9.17) is 16.3 Å². The van der Waals surface area contributed by atoms with E-state index in [1.165, 1.54) is 0 Å². The molecule has 10 heavy (non-hydrogen) atoms. The molecule has 1 rings (SSSR count). The van der Waals surface area contributed by atoms with Crippen molar-refractivity contribution in [2.75, 3.05) is 5.52 Å². The van der Waals surface area contributed by atoms with Crippen LogP contribution in [0, 0.1) is 0 Å². The van der Waals surface area contributed by atoms with E-state index in [9.17, 15) is 0 Å². The van der Waals surface area contributed by atoms with E-state index < -0.39 is 0 Å².